The van der Waals surface area contributed by atoms with Crippen LogP contribution in [0.1, 0.15) is 39.9 Å². The number of carbonyl (C=O) groups is 3. The van der Waals surface area contributed by atoms with Crippen LogP contribution in [0, 0.1) is 0 Å². The Morgan fingerprint density at radius 2 is 1.73 bits per heavy atom. The van der Waals surface area contributed by atoms with E-state index in [0.717, 1.165) is 43.9 Å². The van der Waals surface area contributed by atoms with Crippen LogP contribution < -0.4 is 15.4 Å². The van der Waals surface area contributed by atoms with Crippen LogP contribution in [0.25, 0.3) is 0 Å². The summed E-state index contributed by atoms with van der Waals surface area (Å²) in [5, 5.41) is 5.71. The van der Waals surface area contributed by atoms with Gasteiger partial charge in [0.05, 0.1) is 6.54 Å². The number of hydrogen-bond acceptors (Lipinski definition) is 6. The molecule has 8 heteroatoms. The van der Waals surface area contributed by atoms with Crippen molar-refractivity contribution in [2.45, 2.75) is 38.6 Å². The number of fused-ring (bicyclic) bond motifs is 1. The molecule has 5 rings (SSSR count). The first-order valence-corrected chi connectivity index (χ1v) is 11.5. The van der Waals surface area contributed by atoms with Gasteiger partial charge in [0.15, 0.2) is 0 Å². The minimum Gasteiger partial charge on any atom is -0.489 e. The summed E-state index contributed by atoms with van der Waals surface area (Å²) in [6.07, 6.45) is 0.589. The Hall–Kier alpha value is -3.23. The van der Waals surface area contributed by atoms with E-state index < -0.39 is 11.9 Å². The van der Waals surface area contributed by atoms with E-state index in [0.29, 0.717) is 30.9 Å². The molecular formula is C25H28N4O4. The molecule has 0 aromatic heterocycles. The Labute approximate surface area is 192 Å². The Kier molecular flexibility index (Phi) is 6.11. The first kappa shape index (κ1) is 21.6. The number of carbonyl (C=O) groups excluding carboxylic acids is 3. The second-order valence-electron chi connectivity index (χ2n) is 8.81. The molecule has 1 atom stereocenters. The van der Waals surface area contributed by atoms with Crippen LogP contribution in [0.15, 0.2) is 42.5 Å². The fourth-order valence-electron chi connectivity index (χ4n) is 4.72. The van der Waals surface area contributed by atoms with Crippen molar-refractivity contribution < 1.29 is 19.1 Å². The van der Waals surface area contributed by atoms with Crippen LogP contribution in [-0.2, 0) is 29.3 Å². The zero-order chi connectivity index (χ0) is 22.8. The Morgan fingerprint density at radius 1 is 0.970 bits per heavy atom. The van der Waals surface area contributed by atoms with E-state index in [9.17, 15) is 14.4 Å². The van der Waals surface area contributed by atoms with Crippen LogP contribution in [0.3, 0.4) is 0 Å². The highest BCUT2D eigenvalue weighted by molar-refractivity contribution is 6.05. The Bertz CT molecular complexity index is 1060. The molecule has 0 aliphatic carbocycles. The summed E-state index contributed by atoms with van der Waals surface area (Å²) < 4.78 is 6.10. The second kappa shape index (κ2) is 9.33. The number of benzene rings is 2. The van der Waals surface area contributed by atoms with Crippen LogP contribution >= 0.6 is 0 Å². The molecule has 3 aliphatic heterocycles. The summed E-state index contributed by atoms with van der Waals surface area (Å²) in [5.74, 6) is -0.234. The lowest BCUT2D eigenvalue weighted by molar-refractivity contribution is -0.136. The molecule has 0 saturated carbocycles. The standard InChI is InChI=1S/C25H28N4O4/c30-23-9-8-21(24(31)27-23)29-15-20-19(25(29)32)2-1-3-22(20)33-16-18-6-4-17(5-7-18)14-28-12-10-26-11-13-28/h1-7,21,26H,8-16H2,(H,27,30,31). The topological polar surface area (TPSA) is 91.0 Å². The highest BCUT2D eigenvalue weighted by atomic mass is 16.5. The molecule has 2 aromatic rings. The number of piperidine rings is 1. The molecule has 1 unspecified atom stereocenters. The molecule has 172 valence electrons. The number of hydrogen-bond donors (Lipinski definition) is 2. The number of piperazine rings is 1. The van der Waals surface area contributed by atoms with E-state index in [1.54, 1.807) is 17.0 Å². The van der Waals surface area contributed by atoms with E-state index in [1.807, 2.05) is 6.07 Å². The monoisotopic (exact) mass is 448 g/mol. The number of amides is 3. The summed E-state index contributed by atoms with van der Waals surface area (Å²) in [6.45, 7) is 5.87. The third-order valence-electron chi connectivity index (χ3n) is 6.57. The molecule has 2 fully saturated rings. The average Bonchev–Trinajstić information content (AvgIpc) is 3.16. The van der Waals surface area contributed by atoms with E-state index in [2.05, 4.69) is 39.8 Å². The molecule has 3 heterocycles. The second-order valence-corrected chi connectivity index (χ2v) is 8.81. The van der Waals surface area contributed by atoms with E-state index in [1.165, 1.54) is 5.56 Å². The highest BCUT2D eigenvalue weighted by Crippen LogP contribution is 2.34. The molecule has 2 N–H and O–H groups in total. The van der Waals surface area contributed by atoms with E-state index >= 15 is 0 Å². The number of imide groups is 1. The summed E-state index contributed by atoms with van der Waals surface area (Å²) in [7, 11) is 0. The van der Waals surface area contributed by atoms with Gasteiger partial charge in [0.1, 0.15) is 18.4 Å². The molecule has 0 radical (unpaired) electrons. The summed E-state index contributed by atoms with van der Waals surface area (Å²) in [5.41, 5.74) is 3.70. The van der Waals surface area contributed by atoms with Gasteiger partial charge in [-0.25, -0.2) is 0 Å². The van der Waals surface area contributed by atoms with Gasteiger partial charge in [0.2, 0.25) is 11.8 Å². The van der Waals surface area contributed by atoms with Crippen molar-refractivity contribution in [1.82, 2.24) is 20.4 Å². The van der Waals surface area contributed by atoms with Crippen LogP contribution in [0.4, 0.5) is 0 Å². The van der Waals surface area contributed by atoms with Crippen LogP contribution in [-0.4, -0.2) is 59.7 Å². The third-order valence-corrected chi connectivity index (χ3v) is 6.57. The lowest BCUT2D eigenvalue weighted by Crippen LogP contribution is -2.52. The lowest BCUT2D eigenvalue weighted by atomic mass is 10.0. The summed E-state index contributed by atoms with van der Waals surface area (Å²) in [6, 6.07) is 13.3. The molecule has 8 nitrogen and oxygen atoms in total. The maximum atomic E-state index is 12.9. The molecule has 2 saturated heterocycles. The van der Waals surface area contributed by atoms with Crippen molar-refractivity contribution in [1.29, 1.82) is 0 Å². The number of nitrogens with one attached hydrogen (secondary N) is 2. The fourth-order valence-corrected chi connectivity index (χ4v) is 4.72. The van der Waals surface area contributed by atoms with Crippen molar-refractivity contribution in [3.05, 3.63) is 64.7 Å². The van der Waals surface area contributed by atoms with Crippen LogP contribution in [0.5, 0.6) is 5.75 Å². The van der Waals surface area contributed by atoms with Gasteiger partial charge in [-0.15, -0.1) is 0 Å². The van der Waals surface area contributed by atoms with Gasteiger partial charge >= 0.3 is 0 Å². The molecule has 2 aromatic carbocycles. The number of nitrogens with zero attached hydrogens (tertiary/aromatic N) is 2. The van der Waals surface area contributed by atoms with E-state index in [4.69, 9.17) is 4.74 Å². The first-order chi connectivity index (χ1) is 16.1. The van der Waals surface area contributed by atoms with Crippen LogP contribution in [0.2, 0.25) is 0 Å². The summed E-state index contributed by atoms with van der Waals surface area (Å²) >= 11 is 0. The Morgan fingerprint density at radius 3 is 2.48 bits per heavy atom. The lowest BCUT2D eigenvalue weighted by Gasteiger charge is -2.29. The van der Waals surface area contributed by atoms with Gasteiger partial charge in [-0.1, -0.05) is 30.3 Å². The van der Waals surface area contributed by atoms with Gasteiger partial charge in [-0.2, -0.15) is 0 Å². The van der Waals surface area contributed by atoms with Gasteiger partial charge in [-0.3, -0.25) is 24.6 Å². The van der Waals surface area contributed by atoms with Crippen molar-refractivity contribution in [2.75, 3.05) is 26.2 Å². The number of rotatable bonds is 6. The zero-order valence-corrected chi connectivity index (χ0v) is 18.5. The predicted octanol–water partition coefficient (Wildman–Crippen LogP) is 1.43. The minimum atomic E-state index is -0.626. The zero-order valence-electron chi connectivity index (χ0n) is 18.5. The van der Waals surface area contributed by atoms with Gasteiger partial charge < -0.3 is 15.0 Å². The molecule has 0 bridgehead atoms. The Balaban J connectivity index is 1.23. The molecule has 0 spiro atoms. The maximum Gasteiger partial charge on any atom is 0.255 e. The normalized spacial score (nSPS) is 21.2. The fraction of sp³-hybridized carbons (Fsp3) is 0.400. The SMILES string of the molecule is O=C1CCC(N2Cc3c(OCc4ccc(CN5CCNCC5)cc4)cccc3C2=O)C(=O)N1. The molecule has 33 heavy (non-hydrogen) atoms. The summed E-state index contributed by atoms with van der Waals surface area (Å²) in [4.78, 5) is 40.7. The van der Waals surface area contributed by atoms with E-state index in [-0.39, 0.29) is 18.2 Å². The first-order valence-electron chi connectivity index (χ1n) is 11.5. The largest absolute Gasteiger partial charge is 0.489 e. The highest BCUT2D eigenvalue weighted by Gasteiger charge is 2.40. The molecular weight excluding hydrogens is 420 g/mol. The molecule has 3 amide bonds. The van der Waals surface area contributed by atoms with Crippen molar-refractivity contribution >= 4 is 17.7 Å². The van der Waals surface area contributed by atoms with Gasteiger partial charge in [0.25, 0.3) is 5.91 Å². The third kappa shape index (κ3) is 4.62. The average molecular weight is 449 g/mol. The predicted molar refractivity (Wildman–Crippen MR) is 121 cm³/mol. The molecule has 3 aliphatic rings. The smallest absolute Gasteiger partial charge is 0.255 e. The van der Waals surface area contributed by atoms with Crippen molar-refractivity contribution in [3.8, 4) is 5.75 Å². The maximum absolute atomic E-state index is 12.9. The van der Waals surface area contributed by atoms with Gasteiger partial charge in [-0.05, 0) is 29.7 Å². The minimum absolute atomic E-state index is 0.192. The van der Waals surface area contributed by atoms with Crippen molar-refractivity contribution in [2.24, 2.45) is 0 Å². The van der Waals surface area contributed by atoms with Gasteiger partial charge in [0, 0.05) is 50.3 Å². The van der Waals surface area contributed by atoms with Crippen molar-refractivity contribution in [3.63, 3.8) is 0 Å². The number of ether oxygens (including phenoxy) is 1. The quantitative estimate of drug-likeness (QED) is 0.650.